The zero-order valence-corrected chi connectivity index (χ0v) is 18.3. The third kappa shape index (κ3) is 6.74. The summed E-state index contributed by atoms with van der Waals surface area (Å²) in [5.74, 6) is -2.05. The molecule has 0 saturated carbocycles. The molecule has 0 spiro atoms. The number of amides is 2. The molecular weight excluding hydrogens is 428 g/mol. The third-order valence-corrected chi connectivity index (χ3v) is 5.72. The number of anilines is 1. The first-order chi connectivity index (χ1) is 14.5. The summed E-state index contributed by atoms with van der Waals surface area (Å²) in [7, 11) is -3.88. The minimum Gasteiger partial charge on any atom is -0.355 e. The zero-order chi connectivity index (χ0) is 23.2. The van der Waals surface area contributed by atoms with E-state index in [1.807, 2.05) is 0 Å². The fraction of sp³-hybridized carbons (Fsp3) is 0.333. The summed E-state index contributed by atoms with van der Waals surface area (Å²) in [6.07, 6.45) is 0.932. The number of hydrogen-bond donors (Lipinski definition) is 1. The molecule has 2 rings (SSSR count). The van der Waals surface area contributed by atoms with Gasteiger partial charge in [0, 0.05) is 13.1 Å². The van der Waals surface area contributed by atoms with Crippen molar-refractivity contribution in [2.75, 3.05) is 23.7 Å². The van der Waals surface area contributed by atoms with Crippen LogP contribution in [0.4, 0.5) is 14.5 Å². The van der Waals surface area contributed by atoms with Crippen molar-refractivity contribution in [1.82, 2.24) is 10.2 Å². The van der Waals surface area contributed by atoms with Crippen LogP contribution in [0.15, 0.2) is 48.5 Å². The number of carbonyl (C=O) groups is 2. The van der Waals surface area contributed by atoms with Crippen molar-refractivity contribution >= 4 is 27.5 Å². The molecule has 0 saturated heterocycles. The highest BCUT2D eigenvalue weighted by molar-refractivity contribution is 7.92. The summed E-state index contributed by atoms with van der Waals surface area (Å²) in [6.45, 7) is 2.99. The van der Waals surface area contributed by atoms with Gasteiger partial charge in [0.25, 0.3) is 0 Å². The van der Waals surface area contributed by atoms with Crippen LogP contribution < -0.4 is 9.62 Å². The predicted octanol–water partition coefficient (Wildman–Crippen LogP) is 2.28. The van der Waals surface area contributed by atoms with E-state index in [0.717, 1.165) is 22.7 Å². The van der Waals surface area contributed by atoms with Crippen LogP contribution in [0.3, 0.4) is 0 Å². The maximum absolute atomic E-state index is 13.3. The van der Waals surface area contributed by atoms with Crippen molar-refractivity contribution in [2.24, 2.45) is 0 Å². The van der Waals surface area contributed by atoms with Crippen LogP contribution in [0.2, 0.25) is 0 Å². The van der Waals surface area contributed by atoms with Gasteiger partial charge in [-0.05, 0) is 55.8 Å². The van der Waals surface area contributed by atoms with Crippen molar-refractivity contribution in [3.05, 3.63) is 65.7 Å². The lowest BCUT2D eigenvalue weighted by Crippen LogP contribution is -2.51. The molecular formula is C21H25F2N3O4S. The van der Waals surface area contributed by atoms with Gasteiger partial charge in [0.05, 0.1) is 11.9 Å². The summed E-state index contributed by atoms with van der Waals surface area (Å²) < 4.78 is 52.0. The lowest BCUT2D eigenvalue weighted by molar-refractivity contribution is -0.139. The molecule has 10 heteroatoms. The highest BCUT2D eigenvalue weighted by Gasteiger charge is 2.29. The van der Waals surface area contributed by atoms with Crippen LogP contribution in [0, 0.1) is 11.6 Å². The Morgan fingerprint density at radius 2 is 1.52 bits per heavy atom. The van der Waals surface area contributed by atoms with Crippen LogP contribution in [0.1, 0.15) is 19.4 Å². The number of benzene rings is 2. The number of likely N-dealkylation sites (N-methyl/N-ethyl adjacent to an activating group) is 1. The van der Waals surface area contributed by atoms with E-state index in [0.29, 0.717) is 12.1 Å². The maximum Gasteiger partial charge on any atom is 0.244 e. The Morgan fingerprint density at radius 1 is 1.00 bits per heavy atom. The highest BCUT2D eigenvalue weighted by Crippen LogP contribution is 2.19. The van der Waals surface area contributed by atoms with Gasteiger partial charge in [-0.1, -0.05) is 12.1 Å². The first kappa shape index (κ1) is 24.3. The SMILES string of the molecule is CCNC(=O)C(C)N(Cc1ccc(F)cc1)C(=O)CN(c1ccc(F)cc1)S(C)(=O)=O. The molecule has 31 heavy (non-hydrogen) atoms. The Kier molecular flexibility index (Phi) is 8.09. The largest absolute Gasteiger partial charge is 0.355 e. The lowest BCUT2D eigenvalue weighted by atomic mass is 10.1. The van der Waals surface area contributed by atoms with E-state index in [1.54, 1.807) is 6.92 Å². The standard InChI is InChI=1S/C21H25F2N3O4S/c1-4-24-21(28)15(2)25(13-16-5-7-17(22)8-6-16)20(27)14-26(31(3,29)30)19-11-9-18(23)10-12-19/h5-12,15H,4,13-14H2,1-3H3,(H,24,28). The minimum absolute atomic E-state index is 0.0293. The summed E-state index contributed by atoms with van der Waals surface area (Å²) >= 11 is 0. The molecule has 0 bridgehead atoms. The minimum atomic E-state index is -3.88. The summed E-state index contributed by atoms with van der Waals surface area (Å²) in [4.78, 5) is 26.8. The van der Waals surface area contributed by atoms with E-state index in [9.17, 15) is 26.8 Å². The molecule has 1 atom stereocenters. The summed E-state index contributed by atoms with van der Waals surface area (Å²) in [6, 6.07) is 9.20. The Bertz CT molecular complexity index is 1010. The molecule has 0 radical (unpaired) electrons. The van der Waals surface area contributed by atoms with Crippen LogP contribution in [-0.4, -0.2) is 50.5 Å². The monoisotopic (exact) mass is 453 g/mol. The second-order valence-electron chi connectivity index (χ2n) is 6.96. The molecule has 2 amide bonds. The van der Waals surface area contributed by atoms with Gasteiger partial charge in [-0.2, -0.15) is 0 Å². The van der Waals surface area contributed by atoms with Crippen molar-refractivity contribution in [2.45, 2.75) is 26.4 Å². The molecule has 168 valence electrons. The fourth-order valence-electron chi connectivity index (χ4n) is 2.91. The van der Waals surface area contributed by atoms with E-state index in [1.165, 1.54) is 48.2 Å². The van der Waals surface area contributed by atoms with Crippen LogP contribution in [0.5, 0.6) is 0 Å². The second-order valence-corrected chi connectivity index (χ2v) is 8.87. The van der Waals surface area contributed by atoms with Crippen molar-refractivity contribution < 1.29 is 26.8 Å². The molecule has 2 aromatic rings. The number of carbonyl (C=O) groups excluding carboxylic acids is 2. The van der Waals surface area contributed by atoms with Gasteiger partial charge in [-0.25, -0.2) is 17.2 Å². The average Bonchev–Trinajstić information content (AvgIpc) is 2.71. The van der Waals surface area contributed by atoms with Crippen LogP contribution in [0.25, 0.3) is 0 Å². The summed E-state index contributed by atoms with van der Waals surface area (Å²) in [5, 5.41) is 2.63. The Morgan fingerprint density at radius 3 is 2.00 bits per heavy atom. The molecule has 0 aliphatic carbocycles. The molecule has 0 aliphatic rings. The molecule has 1 unspecified atom stereocenters. The third-order valence-electron chi connectivity index (χ3n) is 4.58. The smallest absolute Gasteiger partial charge is 0.244 e. The normalized spacial score (nSPS) is 12.2. The number of nitrogens with zero attached hydrogens (tertiary/aromatic N) is 2. The first-order valence-electron chi connectivity index (χ1n) is 9.57. The molecule has 2 aromatic carbocycles. The Balaban J connectivity index is 2.35. The van der Waals surface area contributed by atoms with Crippen molar-refractivity contribution in [3.8, 4) is 0 Å². The van der Waals surface area contributed by atoms with Gasteiger partial charge in [-0.15, -0.1) is 0 Å². The maximum atomic E-state index is 13.3. The van der Waals surface area contributed by atoms with Gasteiger partial charge < -0.3 is 10.2 Å². The number of hydrogen-bond acceptors (Lipinski definition) is 4. The highest BCUT2D eigenvalue weighted by atomic mass is 32.2. The van der Waals surface area contributed by atoms with Crippen LogP contribution >= 0.6 is 0 Å². The molecule has 7 nitrogen and oxygen atoms in total. The van der Waals surface area contributed by atoms with Gasteiger partial charge in [0.2, 0.25) is 21.8 Å². The number of nitrogens with one attached hydrogen (secondary N) is 1. The van der Waals surface area contributed by atoms with Crippen LogP contribution in [-0.2, 0) is 26.2 Å². The quantitative estimate of drug-likeness (QED) is 0.631. The molecule has 1 N–H and O–H groups in total. The van der Waals surface area contributed by atoms with E-state index in [-0.39, 0.29) is 12.2 Å². The van der Waals surface area contributed by atoms with Crippen molar-refractivity contribution in [1.29, 1.82) is 0 Å². The van der Waals surface area contributed by atoms with E-state index in [2.05, 4.69) is 5.32 Å². The summed E-state index contributed by atoms with van der Waals surface area (Å²) in [5.41, 5.74) is 0.684. The van der Waals surface area contributed by atoms with Gasteiger partial charge in [-0.3, -0.25) is 13.9 Å². The van der Waals surface area contributed by atoms with Gasteiger partial charge in [0.1, 0.15) is 24.2 Å². The van der Waals surface area contributed by atoms with Gasteiger partial charge in [0.15, 0.2) is 0 Å². The molecule has 0 aliphatic heterocycles. The predicted molar refractivity (Wildman–Crippen MR) is 114 cm³/mol. The number of halogens is 2. The zero-order valence-electron chi connectivity index (χ0n) is 17.5. The Labute approximate surface area is 180 Å². The fourth-order valence-corrected chi connectivity index (χ4v) is 3.76. The number of sulfonamides is 1. The average molecular weight is 454 g/mol. The van der Waals surface area contributed by atoms with E-state index in [4.69, 9.17) is 0 Å². The van der Waals surface area contributed by atoms with Crippen molar-refractivity contribution in [3.63, 3.8) is 0 Å². The molecule has 0 heterocycles. The van der Waals surface area contributed by atoms with Gasteiger partial charge >= 0.3 is 0 Å². The van der Waals surface area contributed by atoms with E-state index < -0.39 is 46.1 Å². The number of rotatable bonds is 9. The molecule has 0 aromatic heterocycles. The topological polar surface area (TPSA) is 86.8 Å². The first-order valence-corrected chi connectivity index (χ1v) is 11.4. The Hall–Kier alpha value is -3.01. The van der Waals surface area contributed by atoms with E-state index >= 15 is 0 Å². The second kappa shape index (κ2) is 10.3. The molecule has 0 fully saturated rings. The lowest BCUT2D eigenvalue weighted by Gasteiger charge is -2.31.